The Morgan fingerprint density at radius 2 is 1.70 bits per heavy atom. The van der Waals surface area contributed by atoms with Crippen LogP contribution in [0, 0.1) is 5.92 Å². The third-order valence-corrected chi connectivity index (χ3v) is 3.08. The van der Waals surface area contributed by atoms with Gasteiger partial charge in [-0.05, 0) is 26.2 Å². The van der Waals surface area contributed by atoms with Gasteiger partial charge in [0.15, 0.2) is 0 Å². The number of hydrogen-bond acceptors (Lipinski definition) is 6. The first-order valence-electron chi connectivity index (χ1n) is 6.16. The number of nitrogens with one attached hydrogen (secondary N) is 2. The molecular formula is C11H22N2O6S. The number of carbonyl (C=O) groups is 2. The minimum absolute atomic E-state index is 0.0596. The Labute approximate surface area is 119 Å². The Morgan fingerprint density at radius 1 is 1.15 bits per heavy atom. The van der Waals surface area contributed by atoms with Gasteiger partial charge in [-0.1, -0.05) is 13.8 Å². The summed E-state index contributed by atoms with van der Waals surface area (Å²) >= 11 is 0. The van der Waals surface area contributed by atoms with Crippen LogP contribution in [0.15, 0.2) is 0 Å². The molecule has 1 amide bonds. The zero-order chi connectivity index (χ0) is 15.9. The molecule has 0 aromatic heterocycles. The lowest BCUT2D eigenvalue weighted by Crippen LogP contribution is -2.49. The highest BCUT2D eigenvalue weighted by Gasteiger charge is 2.27. The van der Waals surface area contributed by atoms with E-state index in [1.54, 1.807) is 18.6 Å². The van der Waals surface area contributed by atoms with Crippen molar-refractivity contribution in [2.45, 2.75) is 46.3 Å². The van der Waals surface area contributed by atoms with Crippen molar-refractivity contribution in [1.82, 2.24) is 9.44 Å². The van der Waals surface area contributed by atoms with E-state index in [0.29, 0.717) is 0 Å². The largest absolute Gasteiger partial charge is 0.468 e. The smallest absolute Gasteiger partial charge is 0.422 e. The number of amides is 1. The van der Waals surface area contributed by atoms with Crippen LogP contribution >= 0.6 is 0 Å². The summed E-state index contributed by atoms with van der Waals surface area (Å²) in [6.45, 7) is 6.81. The molecule has 0 saturated carbocycles. The number of methoxy groups -OCH3 is 1. The van der Waals surface area contributed by atoms with Crippen LogP contribution in [-0.4, -0.2) is 39.7 Å². The normalized spacial score (nSPS) is 13.2. The Balaban J connectivity index is 4.75. The minimum atomic E-state index is -4.20. The van der Waals surface area contributed by atoms with Gasteiger partial charge in [0.2, 0.25) is 0 Å². The second-order valence-corrected chi connectivity index (χ2v) is 6.33. The Bertz CT molecular complexity index is 432. The number of carbonyl (C=O) groups excluding carboxylic acids is 2. The van der Waals surface area contributed by atoms with Crippen molar-refractivity contribution in [1.29, 1.82) is 0 Å². The quantitative estimate of drug-likeness (QED) is 0.664. The summed E-state index contributed by atoms with van der Waals surface area (Å²) in [6.07, 6.45) is -1.33. The Kier molecular flexibility index (Phi) is 7.51. The summed E-state index contributed by atoms with van der Waals surface area (Å²) in [7, 11) is -3.04. The van der Waals surface area contributed by atoms with E-state index in [1.165, 1.54) is 0 Å². The van der Waals surface area contributed by atoms with Crippen molar-refractivity contribution < 1.29 is 27.5 Å². The van der Waals surface area contributed by atoms with Crippen LogP contribution in [0.25, 0.3) is 0 Å². The molecule has 0 aliphatic carbocycles. The van der Waals surface area contributed by atoms with Crippen molar-refractivity contribution >= 4 is 22.3 Å². The van der Waals surface area contributed by atoms with Crippen LogP contribution in [0.4, 0.5) is 4.79 Å². The van der Waals surface area contributed by atoms with Crippen molar-refractivity contribution in [3.8, 4) is 0 Å². The van der Waals surface area contributed by atoms with Gasteiger partial charge in [0.25, 0.3) is 0 Å². The van der Waals surface area contributed by atoms with Gasteiger partial charge in [0.1, 0.15) is 6.04 Å². The molecule has 1 atom stereocenters. The van der Waals surface area contributed by atoms with Gasteiger partial charge in [-0.25, -0.2) is 9.52 Å². The van der Waals surface area contributed by atoms with Gasteiger partial charge >= 0.3 is 22.3 Å². The molecule has 0 spiro atoms. The SMILES string of the molecule is COC(=O)C(CC(C)C)NS(=O)(=O)NC(=O)OC(C)C. The van der Waals surface area contributed by atoms with Crippen molar-refractivity contribution in [2.24, 2.45) is 5.92 Å². The lowest BCUT2D eigenvalue weighted by molar-refractivity contribution is -0.143. The predicted molar refractivity (Wildman–Crippen MR) is 72.1 cm³/mol. The number of rotatable bonds is 7. The molecule has 2 N–H and O–H groups in total. The average Bonchev–Trinajstić information content (AvgIpc) is 2.23. The average molecular weight is 310 g/mol. The molecule has 1 unspecified atom stereocenters. The molecule has 8 nitrogen and oxygen atoms in total. The number of ether oxygens (including phenoxy) is 2. The van der Waals surface area contributed by atoms with E-state index < -0.39 is 34.4 Å². The molecule has 0 heterocycles. The van der Waals surface area contributed by atoms with Crippen LogP contribution in [-0.2, 0) is 24.5 Å². The first-order chi connectivity index (χ1) is 9.07. The van der Waals surface area contributed by atoms with E-state index >= 15 is 0 Å². The second-order valence-electron chi connectivity index (χ2n) is 4.88. The fraction of sp³-hybridized carbons (Fsp3) is 0.818. The van der Waals surface area contributed by atoms with E-state index in [9.17, 15) is 18.0 Å². The number of esters is 1. The maximum absolute atomic E-state index is 11.7. The van der Waals surface area contributed by atoms with Crippen LogP contribution in [0.2, 0.25) is 0 Å². The lowest BCUT2D eigenvalue weighted by atomic mass is 10.1. The molecule has 0 aromatic carbocycles. The third-order valence-electron chi connectivity index (χ3n) is 2.05. The monoisotopic (exact) mass is 310 g/mol. The van der Waals surface area contributed by atoms with E-state index in [4.69, 9.17) is 0 Å². The van der Waals surface area contributed by atoms with E-state index in [-0.39, 0.29) is 12.3 Å². The Hall–Kier alpha value is -1.35. The van der Waals surface area contributed by atoms with Gasteiger partial charge < -0.3 is 9.47 Å². The fourth-order valence-electron chi connectivity index (χ4n) is 1.37. The zero-order valence-electron chi connectivity index (χ0n) is 12.3. The van der Waals surface area contributed by atoms with Crippen molar-refractivity contribution in [3.05, 3.63) is 0 Å². The first kappa shape index (κ1) is 18.7. The van der Waals surface area contributed by atoms with Crippen LogP contribution in [0.3, 0.4) is 0 Å². The standard InChI is InChI=1S/C11H22N2O6S/c1-7(2)6-9(10(14)18-5)12-20(16,17)13-11(15)19-8(3)4/h7-9,12H,6H2,1-5H3,(H,13,15). The fourth-order valence-corrected chi connectivity index (χ4v) is 2.26. The molecule has 20 heavy (non-hydrogen) atoms. The van der Waals surface area contributed by atoms with Gasteiger partial charge in [-0.3, -0.25) is 4.79 Å². The first-order valence-corrected chi connectivity index (χ1v) is 7.64. The molecular weight excluding hydrogens is 288 g/mol. The van der Waals surface area contributed by atoms with Crippen LogP contribution < -0.4 is 9.44 Å². The highest BCUT2D eigenvalue weighted by atomic mass is 32.2. The Morgan fingerprint density at radius 3 is 2.10 bits per heavy atom. The number of hydrogen-bond donors (Lipinski definition) is 2. The van der Waals surface area contributed by atoms with Gasteiger partial charge in [-0.15, -0.1) is 0 Å². The summed E-state index contributed by atoms with van der Waals surface area (Å²) in [6, 6.07) is -1.07. The molecule has 0 radical (unpaired) electrons. The third kappa shape index (κ3) is 7.95. The molecule has 9 heteroatoms. The van der Waals surface area contributed by atoms with Crippen LogP contribution in [0.5, 0.6) is 0 Å². The van der Waals surface area contributed by atoms with Crippen LogP contribution in [0.1, 0.15) is 34.1 Å². The summed E-state index contributed by atoms with van der Waals surface area (Å²) in [5, 5.41) is 0. The summed E-state index contributed by atoms with van der Waals surface area (Å²) < 4.78 is 36.3. The van der Waals surface area contributed by atoms with Crippen molar-refractivity contribution in [2.75, 3.05) is 7.11 Å². The predicted octanol–water partition coefficient (Wildman–Crippen LogP) is 0.543. The molecule has 0 aliphatic rings. The molecule has 0 fully saturated rings. The maximum atomic E-state index is 11.7. The molecule has 0 bridgehead atoms. The van der Waals surface area contributed by atoms with E-state index in [1.807, 2.05) is 13.8 Å². The molecule has 0 aliphatic heterocycles. The summed E-state index contributed by atoms with van der Waals surface area (Å²) in [5.74, 6) is -0.661. The van der Waals surface area contributed by atoms with Gasteiger partial charge in [0.05, 0.1) is 13.2 Å². The molecule has 118 valence electrons. The van der Waals surface area contributed by atoms with Crippen molar-refractivity contribution in [3.63, 3.8) is 0 Å². The topological polar surface area (TPSA) is 111 Å². The summed E-state index contributed by atoms with van der Waals surface area (Å²) in [4.78, 5) is 22.7. The van der Waals surface area contributed by atoms with E-state index in [0.717, 1.165) is 7.11 Å². The molecule has 0 saturated heterocycles. The summed E-state index contributed by atoms with van der Waals surface area (Å²) in [5.41, 5.74) is 0. The highest BCUT2D eigenvalue weighted by Crippen LogP contribution is 2.07. The maximum Gasteiger partial charge on any atom is 0.422 e. The van der Waals surface area contributed by atoms with Gasteiger partial charge in [0, 0.05) is 0 Å². The minimum Gasteiger partial charge on any atom is -0.468 e. The highest BCUT2D eigenvalue weighted by molar-refractivity contribution is 7.88. The molecule has 0 rings (SSSR count). The molecule has 0 aromatic rings. The van der Waals surface area contributed by atoms with Gasteiger partial charge in [-0.2, -0.15) is 13.1 Å². The van der Waals surface area contributed by atoms with E-state index in [2.05, 4.69) is 14.2 Å². The second kappa shape index (κ2) is 8.05. The lowest BCUT2D eigenvalue weighted by Gasteiger charge is -2.18. The zero-order valence-corrected chi connectivity index (χ0v) is 13.1.